The molecular weight excluding hydrogens is 326 g/mol. The number of hydrogen-bond donors (Lipinski definition) is 1. The highest BCUT2D eigenvalue weighted by Crippen LogP contribution is 2.27. The van der Waals surface area contributed by atoms with E-state index >= 15 is 0 Å². The Balaban J connectivity index is 2.18. The number of amides is 1. The summed E-state index contributed by atoms with van der Waals surface area (Å²) < 4.78 is 5.62. The van der Waals surface area contributed by atoms with Gasteiger partial charge in [-0.05, 0) is 44.9 Å². The molecule has 128 valence electrons. The molecular formula is C18H22ClN3O2. The van der Waals surface area contributed by atoms with Crippen molar-refractivity contribution < 1.29 is 9.53 Å². The second-order valence-electron chi connectivity index (χ2n) is 6.22. The van der Waals surface area contributed by atoms with Crippen LogP contribution in [0.15, 0.2) is 23.9 Å². The van der Waals surface area contributed by atoms with E-state index in [2.05, 4.69) is 5.32 Å². The minimum absolute atomic E-state index is 0.0422. The standard InChI is InChI=1S/C18H22ClN3O2/c1-11-5-12(2)17(16(19)6-11)21-8-15(7-20)18(23)22-9-13(3)24-14(4)10-22/h5-6,8,13-14,21H,9-10H2,1-4H3/b15-8-. The predicted molar refractivity (Wildman–Crippen MR) is 94.8 cm³/mol. The quantitative estimate of drug-likeness (QED) is 0.672. The number of nitriles is 1. The van der Waals surface area contributed by atoms with Crippen molar-refractivity contribution in [3.05, 3.63) is 40.1 Å². The molecule has 0 bridgehead atoms. The Kier molecular flexibility index (Phi) is 5.87. The van der Waals surface area contributed by atoms with E-state index in [9.17, 15) is 10.1 Å². The fourth-order valence-electron chi connectivity index (χ4n) is 2.90. The first-order chi connectivity index (χ1) is 11.3. The molecule has 0 spiro atoms. The first kappa shape index (κ1) is 18.3. The van der Waals surface area contributed by atoms with Gasteiger partial charge in [0.05, 0.1) is 22.9 Å². The van der Waals surface area contributed by atoms with Gasteiger partial charge in [-0.2, -0.15) is 5.26 Å². The van der Waals surface area contributed by atoms with Crippen LogP contribution in [0.2, 0.25) is 5.02 Å². The molecule has 1 amide bonds. The summed E-state index contributed by atoms with van der Waals surface area (Å²) in [6.45, 7) is 8.68. The Bertz CT molecular complexity index is 676. The van der Waals surface area contributed by atoms with E-state index in [4.69, 9.17) is 16.3 Å². The minimum atomic E-state index is -0.298. The Morgan fingerprint density at radius 1 is 1.38 bits per heavy atom. The van der Waals surface area contributed by atoms with Crippen LogP contribution in [-0.4, -0.2) is 36.1 Å². The summed E-state index contributed by atoms with van der Waals surface area (Å²) >= 11 is 6.24. The van der Waals surface area contributed by atoms with E-state index in [1.165, 1.54) is 6.20 Å². The lowest BCUT2D eigenvalue weighted by molar-refractivity contribution is -0.138. The van der Waals surface area contributed by atoms with E-state index in [-0.39, 0.29) is 23.7 Å². The average Bonchev–Trinajstić information content (AvgIpc) is 2.48. The molecule has 1 fully saturated rings. The van der Waals surface area contributed by atoms with Crippen molar-refractivity contribution in [3.63, 3.8) is 0 Å². The molecule has 1 saturated heterocycles. The van der Waals surface area contributed by atoms with Crippen LogP contribution in [0.1, 0.15) is 25.0 Å². The lowest BCUT2D eigenvalue weighted by atomic mass is 10.1. The van der Waals surface area contributed by atoms with E-state index < -0.39 is 0 Å². The van der Waals surface area contributed by atoms with Crippen molar-refractivity contribution in [2.45, 2.75) is 39.9 Å². The number of carbonyl (C=O) groups is 1. The molecule has 6 heteroatoms. The van der Waals surface area contributed by atoms with Crippen molar-refractivity contribution in [1.82, 2.24) is 4.90 Å². The molecule has 1 aliphatic rings. The summed E-state index contributed by atoms with van der Waals surface area (Å²) in [6.07, 6.45) is 1.34. The van der Waals surface area contributed by atoms with Crippen molar-refractivity contribution in [2.75, 3.05) is 18.4 Å². The SMILES string of the molecule is Cc1cc(C)c(N/C=C(/C#N)C(=O)N2CC(C)OC(C)C2)c(Cl)c1. The van der Waals surface area contributed by atoms with Crippen LogP contribution in [0.5, 0.6) is 0 Å². The molecule has 0 aromatic heterocycles. The van der Waals surface area contributed by atoms with Gasteiger partial charge in [0.25, 0.3) is 5.91 Å². The summed E-state index contributed by atoms with van der Waals surface area (Å²) in [4.78, 5) is 14.2. The van der Waals surface area contributed by atoms with Gasteiger partial charge in [-0.15, -0.1) is 0 Å². The smallest absolute Gasteiger partial charge is 0.266 e. The zero-order valence-electron chi connectivity index (χ0n) is 14.4. The molecule has 1 N–H and O–H groups in total. The van der Waals surface area contributed by atoms with Crippen LogP contribution in [0, 0.1) is 25.2 Å². The maximum atomic E-state index is 12.6. The normalized spacial score (nSPS) is 21.3. The monoisotopic (exact) mass is 347 g/mol. The molecule has 1 aromatic carbocycles. The molecule has 0 radical (unpaired) electrons. The molecule has 1 aliphatic heterocycles. The lowest BCUT2D eigenvalue weighted by Gasteiger charge is -2.35. The first-order valence-corrected chi connectivity index (χ1v) is 8.28. The highest BCUT2D eigenvalue weighted by molar-refractivity contribution is 6.33. The first-order valence-electron chi connectivity index (χ1n) is 7.90. The van der Waals surface area contributed by atoms with Gasteiger partial charge in [0.1, 0.15) is 11.6 Å². The fourth-order valence-corrected chi connectivity index (χ4v) is 3.27. The topological polar surface area (TPSA) is 65.4 Å². The number of morpholine rings is 1. The van der Waals surface area contributed by atoms with E-state index in [0.717, 1.165) is 11.1 Å². The third-order valence-corrected chi connectivity index (χ3v) is 4.15. The summed E-state index contributed by atoms with van der Waals surface area (Å²) in [6, 6.07) is 5.80. The number of ether oxygens (including phenoxy) is 1. The molecule has 1 heterocycles. The van der Waals surface area contributed by atoms with E-state index in [1.807, 2.05) is 45.9 Å². The molecule has 1 aromatic rings. The maximum Gasteiger partial charge on any atom is 0.266 e. The number of benzene rings is 1. The second-order valence-corrected chi connectivity index (χ2v) is 6.63. The highest BCUT2D eigenvalue weighted by atomic mass is 35.5. The summed E-state index contributed by atoms with van der Waals surface area (Å²) in [7, 11) is 0. The van der Waals surface area contributed by atoms with Gasteiger partial charge in [-0.3, -0.25) is 4.79 Å². The van der Waals surface area contributed by atoms with Crippen LogP contribution in [0.3, 0.4) is 0 Å². The van der Waals surface area contributed by atoms with Gasteiger partial charge in [0.15, 0.2) is 0 Å². The van der Waals surface area contributed by atoms with Crippen molar-refractivity contribution in [2.24, 2.45) is 0 Å². The third kappa shape index (κ3) is 4.28. The molecule has 24 heavy (non-hydrogen) atoms. The Labute approximate surface area is 147 Å². The molecule has 5 nitrogen and oxygen atoms in total. The summed E-state index contributed by atoms with van der Waals surface area (Å²) in [5.74, 6) is -0.298. The van der Waals surface area contributed by atoms with Gasteiger partial charge in [0, 0.05) is 19.3 Å². The van der Waals surface area contributed by atoms with Crippen molar-refractivity contribution in [1.29, 1.82) is 5.26 Å². The Morgan fingerprint density at radius 3 is 2.54 bits per heavy atom. The average molecular weight is 348 g/mol. The number of rotatable bonds is 3. The third-order valence-electron chi connectivity index (χ3n) is 3.85. The van der Waals surface area contributed by atoms with Crippen molar-refractivity contribution in [3.8, 4) is 6.07 Å². The second kappa shape index (κ2) is 7.69. The summed E-state index contributed by atoms with van der Waals surface area (Å²) in [5, 5.41) is 12.9. The number of nitrogens with zero attached hydrogens (tertiary/aromatic N) is 2. The van der Waals surface area contributed by atoms with Crippen LogP contribution in [0.25, 0.3) is 0 Å². The Morgan fingerprint density at radius 2 is 2.00 bits per heavy atom. The molecule has 2 unspecified atom stereocenters. The zero-order valence-corrected chi connectivity index (χ0v) is 15.1. The number of hydrogen-bond acceptors (Lipinski definition) is 4. The number of halogens is 1. The zero-order chi connectivity index (χ0) is 17.9. The van der Waals surface area contributed by atoms with Crippen molar-refractivity contribution >= 4 is 23.2 Å². The molecule has 0 saturated carbocycles. The van der Waals surface area contributed by atoms with Gasteiger partial charge in [0.2, 0.25) is 0 Å². The van der Waals surface area contributed by atoms with Gasteiger partial charge < -0.3 is 15.0 Å². The highest BCUT2D eigenvalue weighted by Gasteiger charge is 2.27. The van der Waals surface area contributed by atoms with E-state index in [1.54, 1.807) is 4.90 Å². The van der Waals surface area contributed by atoms with Gasteiger partial charge in [-0.25, -0.2) is 0 Å². The number of carbonyl (C=O) groups excluding carboxylic acids is 1. The molecule has 2 atom stereocenters. The van der Waals surface area contributed by atoms with Gasteiger partial charge in [-0.1, -0.05) is 17.7 Å². The molecule has 0 aliphatic carbocycles. The van der Waals surface area contributed by atoms with Crippen LogP contribution < -0.4 is 5.32 Å². The number of aryl methyl sites for hydroxylation is 2. The Hall–Kier alpha value is -2.03. The fraction of sp³-hybridized carbons (Fsp3) is 0.444. The number of nitrogens with one attached hydrogen (secondary N) is 1. The van der Waals surface area contributed by atoms with Crippen LogP contribution >= 0.6 is 11.6 Å². The molecule has 2 rings (SSSR count). The minimum Gasteiger partial charge on any atom is -0.372 e. The lowest BCUT2D eigenvalue weighted by Crippen LogP contribution is -2.48. The van der Waals surface area contributed by atoms with E-state index in [0.29, 0.717) is 23.8 Å². The maximum absolute atomic E-state index is 12.6. The predicted octanol–water partition coefficient (Wildman–Crippen LogP) is 3.41. The summed E-state index contributed by atoms with van der Waals surface area (Å²) in [5.41, 5.74) is 2.76. The number of anilines is 1. The van der Waals surface area contributed by atoms with Crippen LogP contribution in [-0.2, 0) is 9.53 Å². The van der Waals surface area contributed by atoms with Gasteiger partial charge >= 0.3 is 0 Å². The largest absolute Gasteiger partial charge is 0.372 e. The van der Waals surface area contributed by atoms with Crippen LogP contribution in [0.4, 0.5) is 5.69 Å².